The fourth-order valence-electron chi connectivity index (χ4n) is 2.78. The van der Waals surface area contributed by atoms with Gasteiger partial charge in [-0.25, -0.2) is 0 Å². The zero-order valence-electron chi connectivity index (χ0n) is 12.6. The highest BCUT2D eigenvalue weighted by Crippen LogP contribution is 2.33. The molecule has 2 aromatic rings. The number of thiophene rings is 1. The molecular weight excluding hydrogens is 318 g/mol. The van der Waals surface area contributed by atoms with Crippen LogP contribution in [0.4, 0.5) is 5.69 Å². The Balaban J connectivity index is 1.82. The van der Waals surface area contributed by atoms with Gasteiger partial charge in [-0.2, -0.15) is 0 Å². The lowest BCUT2D eigenvalue weighted by atomic mass is 9.90. The van der Waals surface area contributed by atoms with Crippen molar-refractivity contribution in [1.82, 2.24) is 0 Å². The van der Waals surface area contributed by atoms with Crippen molar-refractivity contribution in [3.8, 4) is 5.75 Å². The first-order chi connectivity index (χ1) is 10.6. The first-order valence-electron chi connectivity index (χ1n) is 7.33. The van der Waals surface area contributed by atoms with Gasteiger partial charge in [0.2, 0.25) is 0 Å². The Hall–Kier alpha value is -1.52. The van der Waals surface area contributed by atoms with Gasteiger partial charge in [0.25, 0.3) is 5.91 Å². The topological polar surface area (TPSA) is 38.3 Å². The van der Waals surface area contributed by atoms with E-state index in [0.29, 0.717) is 22.4 Å². The van der Waals surface area contributed by atoms with E-state index < -0.39 is 0 Å². The predicted octanol–water partition coefficient (Wildman–Crippen LogP) is 4.79. The summed E-state index contributed by atoms with van der Waals surface area (Å²) in [6, 6.07) is 7.22. The van der Waals surface area contributed by atoms with E-state index >= 15 is 0 Å². The van der Waals surface area contributed by atoms with Crippen LogP contribution in [0, 0.1) is 5.92 Å². The van der Waals surface area contributed by atoms with Crippen molar-refractivity contribution in [3.05, 3.63) is 44.6 Å². The number of nitrogens with one attached hydrogen (secondary N) is 1. The van der Waals surface area contributed by atoms with Crippen molar-refractivity contribution in [3.63, 3.8) is 0 Å². The molecule has 0 bridgehead atoms. The first kappa shape index (κ1) is 15.4. The molecule has 1 aliphatic carbocycles. The molecule has 0 fully saturated rings. The summed E-state index contributed by atoms with van der Waals surface area (Å²) in [5.74, 6) is 1.20. The van der Waals surface area contributed by atoms with Crippen molar-refractivity contribution in [2.24, 2.45) is 5.92 Å². The molecule has 0 unspecified atom stereocenters. The molecular formula is C17H18ClNO2S. The number of hydrogen-bond acceptors (Lipinski definition) is 3. The monoisotopic (exact) mass is 335 g/mol. The number of methoxy groups -OCH3 is 1. The quantitative estimate of drug-likeness (QED) is 0.876. The van der Waals surface area contributed by atoms with Crippen molar-refractivity contribution >= 4 is 34.5 Å². The van der Waals surface area contributed by atoms with Gasteiger partial charge in [0.1, 0.15) is 5.75 Å². The molecule has 1 aliphatic rings. The van der Waals surface area contributed by atoms with E-state index in [0.717, 1.165) is 17.7 Å². The minimum absolute atomic E-state index is 0.104. The number of fused-ring (bicyclic) bond motifs is 1. The van der Waals surface area contributed by atoms with Crippen LogP contribution in [0.2, 0.25) is 5.02 Å². The summed E-state index contributed by atoms with van der Waals surface area (Å²) in [5, 5.41) is 3.47. The maximum Gasteiger partial charge on any atom is 0.265 e. The van der Waals surface area contributed by atoms with E-state index in [1.807, 2.05) is 6.07 Å². The van der Waals surface area contributed by atoms with Crippen LogP contribution in [-0.4, -0.2) is 13.0 Å². The molecule has 116 valence electrons. The van der Waals surface area contributed by atoms with Crippen LogP contribution in [0.5, 0.6) is 5.75 Å². The summed E-state index contributed by atoms with van der Waals surface area (Å²) in [6.07, 6.45) is 3.35. The van der Waals surface area contributed by atoms with Crippen LogP contribution in [0.15, 0.2) is 24.3 Å². The lowest BCUT2D eigenvalue weighted by Crippen LogP contribution is -2.11. The van der Waals surface area contributed by atoms with E-state index in [4.69, 9.17) is 16.3 Å². The normalized spacial score (nSPS) is 17.0. The lowest BCUT2D eigenvalue weighted by Gasteiger charge is -2.16. The van der Waals surface area contributed by atoms with Crippen LogP contribution in [0.25, 0.3) is 0 Å². The summed E-state index contributed by atoms with van der Waals surface area (Å²) in [5.41, 5.74) is 1.92. The maximum absolute atomic E-state index is 12.5. The Kier molecular flexibility index (Phi) is 4.41. The van der Waals surface area contributed by atoms with E-state index in [2.05, 4.69) is 12.2 Å². The highest BCUT2D eigenvalue weighted by Gasteiger charge is 2.21. The van der Waals surface area contributed by atoms with Crippen LogP contribution in [0.3, 0.4) is 0 Å². The summed E-state index contributed by atoms with van der Waals surface area (Å²) in [7, 11) is 1.57. The molecule has 3 rings (SSSR count). The van der Waals surface area contributed by atoms with E-state index in [-0.39, 0.29) is 5.91 Å². The molecule has 22 heavy (non-hydrogen) atoms. The number of halogens is 1. The Morgan fingerprint density at radius 2 is 2.23 bits per heavy atom. The van der Waals surface area contributed by atoms with Crippen molar-refractivity contribution < 1.29 is 9.53 Å². The van der Waals surface area contributed by atoms with Gasteiger partial charge in [-0.15, -0.1) is 11.3 Å². The van der Waals surface area contributed by atoms with E-state index in [9.17, 15) is 4.79 Å². The molecule has 3 nitrogen and oxygen atoms in total. The second-order valence-corrected chi connectivity index (χ2v) is 7.28. The summed E-state index contributed by atoms with van der Waals surface area (Å²) in [6.45, 7) is 2.26. The highest BCUT2D eigenvalue weighted by atomic mass is 35.5. The molecule has 1 atom stereocenters. The third-order valence-electron chi connectivity index (χ3n) is 3.96. The summed E-state index contributed by atoms with van der Waals surface area (Å²) in [4.78, 5) is 14.6. The van der Waals surface area contributed by atoms with Gasteiger partial charge in [-0.3, -0.25) is 4.79 Å². The Bertz CT molecular complexity index is 711. The third-order valence-corrected chi connectivity index (χ3v) is 5.43. The molecule has 1 aromatic heterocycles. The number of anilines is 1. The Labute approximate surface area is 139 Å². The Morgan fingerprint density at radius 3 is 3.00 bits per heavy atom. The zero-order chi connectivity index (χ0) is 15.7. The summed E-state index contributed by atoms with van der Waals surface area (Å²) < 4.78 is 5.26. The third kappa shape index (κ3) is 3.13. The number of aryl methyl sites for hydroxylation is 1. The highest BCUT2D eigenvalue weighted by molar-refractivity contribution is 7.14. The molecule has 1 heterocycles. The molecule has 1 amide bonds. The van der Waals surface area contributed by atoms with Gasteiger partial charge >= 0.3 is 0 Å². The van der Waals surface area contributed by atoms with Gasteiger partial charge in [-0.05, 0) is 55.0 Å². The minimum atomic E-state index is -0.104. The Morgan fingerprint density at radius 1 is 1.41 bits per heavy atom. The van der Waals surface area contributed by atoms with Crippen LogP contribution in [-0.2, 0) is 12.8 Å². The lowest BCUT2D eigenvalue weighted by molar-refractivity contribution is 0.103. The molecule has 0 spiro atoms. The molecule has 0 aliphatic heterocycles. The number of carbonyl (C=O) groups excluding carboxylic acids is 1. The second kappa shape index (κ2) is 6.31. The van der Waals surface area contributed by atoms with Gasteiger partial charge in [0.05, 0.1) is 17.7 Å². The molecule has 5 heteroatoms. The average Bonchev–Trinajstić information content (AvgIpc) is 2.90. The van der Waals surface area contributed by atoms with Crippen LogP contribution in [0.1, 0.15) is 33.5 Å². The van der Waals surface area contributed by atoms with Crippen molar-refractivity contribution in [2.45, 2.75) is 26.2 Å². The average molecular weight is 336 g/mol. The van der Waals surface area contributed by atoms with Gasteiger partial charge in [-0.1, -0.05) is 18.5 Å². The number of amides is 1. The first-order valence-corrected chi connectivity index (χ1v) is 8.52. The zero-order valence-corrected chi connectivity index (χ0v) is 14.2. The van der Waals surface area contributed by atoms with Crippen LogP contribution < -0.4 is 10.1 Å². The van der Waals surface area contributed by atoms with Gasteiger partial charge in [0, 0.05) is 9.90 Å². The van der Waals surface area contributed by atoms with Gasteiger partial charge in [0.15, 0.2) is 0 Å². The summed E-state index contributed by atoms with van der Waals surface area (Å²) >= 11 is 7.59. The second-order valence-electron chi connectivity index (χ2n) is 5.71. The SMILES string of the molecule is COc1ccc(Cl)cc1NC(=O)c1cc2c(s1)CC[C@@H](C)C2. The van der Waals surface area contributed by atoms with Crippen molar-refractivity contribution in [1.29, 1.82) is 0 Å². The fourth-order valence-corrected chi connectivity index (χ4v) is 4.06. The number of hydrogen-bond donors (Lipinski definition) is 1. The number of carbonyl (C=O) groups is 1. The molecule has 1 aromatic carbocycles. The van der Waals surface area contributed by atoms with Gasteiger partial charge < -0.3 is 10.1 Å². The maximum atomic E-state index is 12.5. The number of ether oxygens (including phenoxy) is 1. The largest absolute Gasteiger partial charge is 0.495 e. The number of benzene rings is 1. The molecule has 1 N–H and O–H groups in total. The smallest absolute Gasteiger partial charge is 0.265 e. The fraction of sp³-hybridized carbons (Fsp3) is 0.353. The number of rotatable bonds is 3. The van der Waals surface area contributed by atoms with Crippen LogP contribution >= 0.6 is 22.9 Å². The van der Waals surface area contributed by atoms with E-state index in [1.165, 1.54) is 16.9 Å². The van der Waals surface area contributed by atoms with E-state index in [1.54, 1.807) is 36.6 Å². The minimum Gasteiger partial charge on any atom is -0.495 e. The predicted molar refractivity (Wildman–Crippen MR) is 91.5 cm³/mol. The standard InChI is InChI=1S/C17H18ClNO2S/c1-10-3-6-15-11(7-10)8-16(22-15)17(20)19-13-9-12(18)4-5-14(13)21-2/h4-5,8-10H,3,6-7H2,1-2H3,(H,19,20)/t10-/m1/s1. The molecule has 0 radical (unpaired) electrons. The molecule has 0 saturated heterocycles. The molecule has 0 saturated carbocycles. The van der Waals surface area contributed by atoms with Crippen molar-refractivity contribution in [2.75, 3.05) is 12.4 Å².